The molecule has 136 valence electrons. The maximum absolute atomic E-state index is 12.0. The summed E-state index contributed by atoms with van der Waals surface area (Å²) in [6.07, 6.45) is 0.0593. The number of ether oxygens (including phenoxy) is 1. The van der Waals surface area contributed by atoms with Gasteiger partial charge in [-0.15, -0.1) is 0 Å². The fourth-order valence-corrected chi connectivity index (χ4v) is 2.40. The van der Waals surface area contributed by atoms with Gasteiger partial charge in [0.25, 0.3) is 11.6 Å². The zero-order chi connectivity index (χ0) is 19.3. The number of esters is 1. The third-order valence-electron chi connectivity index (χ3n) is 4.04. The lowest BCUT2D eigenvalue weighted by Gasteiger charge is -2.10. The van der Waals surface area contributed by atoms with E-state index < -0.39 is 23.4 Å². The van der Waals surface area contributed by atoms with Gasteiger partial charge in [-0.05, 0) is 49.1 Å². The number of amides is 1. The maximum atomic E-state index is 12.0. The van der Waals surface area contributed by atoms with Gasteiger partial charge >= 0.3 is 5.97 Å². The molecule has 0 saturated heterocycles. The Balaban J connectivity index is 1.97. The summed E-state index contributed by atoms with van der Waals surface area (Å²) < 4.78 is 4.97. The van der Waals surface area contributed by atoms with Crippen molar-refractivity contribution in [2.24, 2.45) is 0 Å². The monoisotopic (exact) mass is 356 g/mol. The Morgan fingerprint density at radius 3 is 2.38 bits per heavy atom. The van der Waals surface area contributed by atoms with Gasteiger partial charge in [0, 0.05) is 6.07 Å². The number of anilines is 1. The molecule has 0 bridgehead atoms. The normalized spacial score (nSPS) is 10.3. The number of nitrogens with zero attached hydrogens (tertiary/aromatic N) is 1. The molecule has 7 heteroatoms. The van der Waals surface area contributed by atoms with Crippen LogP contribution in [0.3, 0.4) is 0 Å². The molecule has 0 radical (unpaired) electrons. The van der Waals surface area contributed by atoms with E-state index in [4.69, 9.17) is 4.74 Å². The van der Waals surface area contributed by atoms with Crippen molar-refractivity contribution in [2.75, 3.05) is 11.9 Å². The molecule has 0 saturated carbocycles. The molecule has 7 nitrogen and oxygen atoms in total. The van der Waals surface area contributed by atoms with Crippen LogP contribution < -0.4 is 5.32 Å². The van der Waals surface area contributed by atoms with E-state index in [1.165, 1.54) is 12.1 Å². The van der Waals surface area contributed by atoms with Crippen LogP contribution in [0, 0.1) is 30.9 Å². The number of aryl methyl sites for hydroxylation is 3. The van der Waals surface area contributed by atoms with Gasteiger partial charge in [-0.1, -0.05) is 24.3 Å². The molecule has 26 heavy (non-hydrogen) atoms. The van der Waals surface area contributed by atoms with E-state index in [9.17, 15) is 19.7 Å². The van der Waals surface area contributed by atoms with Gasteiger partial charge in [0.1, 0.15) is 5.69 Å². The Morgan fingerprint density at radius 2 is 1.73 bits per heavy atom. The number of nitro groups is 1. The standard InChI is InChI=1S/C19H20N2O5/c1-12-6-4-5-7-15(12)10-19(23)26-11-18(22)20-16-8-13(2)14(3)9-17(16)21(24)25/h4-9H,10-11H2,1-3H3,(H,20,22). The van der Waals surface area contributed by atoms with E-state index in [1.54, 1.807) is 13.8 Å². The summed E-state index contributed by atoms with van der Waals surface area (Å²) in [5.41, 5.74) is 3.22. The average molecular weight is 356 g/mol. The molecule has 0 aliphatic rings. The van der Waals surface area contributed by atoms with E-state index in [1.807, 2.05) is 31.2 Å². The SMILES string of the molecule is Cc1cc(NC(=O)COC(=O)Cc2ccccc2C)c([N+](=O)[O-])cc1C. The molecular formula is C19H20N2O5. The summed E-state index contributed by atoms with van der Waals surface area (Å²) >= 11 is 0. The molecule has 2 rings (SSSR count). The van der Waals surface area contributed by atoms with Crippen LogP contribution in [0.15, 0.2) is 36.4 Å². The third kappa shape index (κ3) is 4.89. The smallest absolute Gasteiger partial charge is 0.310 e. The Labute approximate surface area is 151 Å². The van der Waals surface area contributed by atoms with Crippen LogP contribution in [0.2, 0.25) is 0 Å². The lowest BCUT2D eigenvalue weighted by atomic mass is 10.1. The predicted octanol–water partition coefficient (Wildman–Crippen LogP) is 3.24. The number of nitro benzene ring substituents is 1. The highest BCUT2D eigenvalue weighted by molar-refractivity contribution is 5.95. The van der Waals surface area contributed by atoms with Crippen LogP contribution >= 0.6 is 0 Å². The fourth-order valence-electron chi connectivity index (χ4n) is 2.40. The van der Waals surface area contributed by atoms with Gasteiger partial charge < -0.3 is 10.1 Å². The maximum Gasteiger partial charge on any atom is 0.310 e. The number of carbonyl (C=O) groups excluding carboxylic acids is 2. The number of nitrogens with one attached hydrogen (secondary N) is 1. The molecule has 0 atom stereocenters. The summed E-state index contributed by atoms with van der Waals surface area (Å²) in [5, 5.41) is 13.6. The molecule has 0 aromatic heterocycles. The second-order valence-corrected chi connectivity index (χ2v) is 6.02. The topological polar surface area (TPSA) is 98.5 Å². The molecule has 0 unspecified atom stereocenters. The van der Waals surface area contributed by atoms with Crippen molar-refractivity contribution in [3.05, 3.63) is 68.8 Å². The van der Waals surface area contributed by atoms with Crippen LogP contribution in [-0.4, -0.2) is 23.4 Å². The molecular weight excluding hydrogens is 336 g/mol. The largest absolute Gasteiger partial charge is 0.455 e. The van der Waals surface area contributed by atoms with Crippen LogP contribution in [0.4, 0.5) is 11.4 Å². The Kier molecular flexibility index (Phi) is 6.06. The molecule has 0 aliphatic carbocycles. The molecule has 0 heterocycles. The van der Waals surface area contributed by atoms with Gasteiger partial charge in [0.05, 0.1) is 11.3 Å². The van der Waals surface area contributed by atoms with Gasteiger partial charge in [0.2, 0.25) is 0 Å². The van der Waals surface area contributed by atoms with Gasteiger partial charge in [0.15, 0.2) is 6.61 Å². The molecule has 0 aliphatic heterocycles. The highest BCUT2D eigenvalue weighted by atomic mass is 16.6. The number of carbonyl (C=O) groups is 2. The fraction of sp³-hybridized carbons (Fsp3) is 0.263. The minimum absolute atomic E-state index is 0.0593. The van der Waals surface area contributed by atoms with Crippen molar-refractivity contribution in [3.8, 4) is 0 Å². The van der Waals surface area contributed by atoms with Crippen molar-refractivity contribution in [1.29, 1.82) is 0 Å². The molecule has 2 aromatic rings. The first kappa shape index (κ1) is 19.1. The summed E-state index contributed by atoms with van der Waals surface area (Å²) in [4.78, 5) is 34.5. The van der Waals surface area contributed by atoms with Crippen molar-refractivity contribution in [2.45, 2.75) is 27.2 Å². The van der Waals surface area contributed by atoms with Crippen LogP contribution in [0.1, 0.15) is 22.3 Å². The van der Waals surface area contributed by atoms with Crippen molar-refractivity contribution in [3.63, 3.8) is 0 Å². The quantitative estimate of drug-likeness (QED) is 0.487. The molecule has 0 spiro atoms. The molecule has 1 amide bonds. The summed E-state index contributed by atoms with van der Waals surface area (Å²) in [6.45, 7) is 4.92. The lowest BCUT2D eigenvalue weighted by molar-refractivity contribution is -0.384. The number of hydrogen-bond donors (Lipinski definition) is 1. The summed E-state index contributed by atoms with van der Waals surface area (Å²) in [6, 6.07) is 10.3. The predicted molar refractivity (Wildman–Crippen MR) is 97.0 cm³/mol. The first-order valence-electron chi connectivity index (χ1n) is 8.03. The zero-order valence-electron chi connectivity index (χ0n) is 14.9. The summed E-state index contributed by atoms with van der Waals surface area (Å²) in [7, 11) is 0. The van der Waals surface area contributed by atoms with Crippen molar-refractivity contribution < 1.29 is 19.2 Å². The number of benzene rings is 2. The van der Waals surface area contributed by atoms with Crippen LogP contribution in [-0.2, 0) is 20.7 Å². The minimum Gasteiger partial charge on any atom is -0.455 e. The summed E-state index contributed by atoms with van der Waals surface area (Å²) in [5.74, 6) is -1.17. The lowest BCUT2D eigenvalue weighted by Crippen LogP contribution is -2.22. The number of hydrogen-bond acceptors (Lipinski definition) is 5. The Hall–Kier alpha value is -3.22. The van der Waals surface area contributed by atoms with Crippen molar-refractivity contribution in [1.82, 2.24) is 0 Å². The van der Waals surface area contributed by atoms with E-state index in [0.717, 1.165) is 22.3 Å². The molecule has 1 N–H and O–H groups in total. The molecule has 2 aromatic carbocycles. The number of rotatable bonds is 6. The zero-order valence-corrected chi connectivity index (χ0v) is 14.9. The molecule has 0 fully saturated rings. The third-order valence-corrected chi connectivity index (χ3v) is 4.04. The van der Waals surface area contributed by atoms with Crippen molar-refractivity contribution >= 4 is 23.3 Å². The van der Waals surface area contributed by atoms with Gasteiger partial charge in [-0.2, -0.15) is 0 Å². The first-order valence-corrected chi connectivity index (χ1v) is 8.03. The average Bonchev–Trinajstić information content (AvgIpc) is 2.58. The Morgan fingerprint density at radius 1 is 1.08 bits per heavy atom. The second kappa shape index (κ2) is 8.24. The van der Waals surface area contributed by atoms with E-state index in [2.05, 4.69) is 5.32 Å². The first-order chi connectivity index (χ1) is 12.3. The minimum atomic E-state index is -0.630. The Bertz CT molecular complexity index is 861. The van der Waals surface area contributed by atoms with E-state index >= 15 is 0 Å². The second-order valence-electron chi connectivity index (χ2n) is 6.02. The van der Waals surface area contributed by atoms with E-state index in [0.29, 0.717) is 0 Å². The highest BCUT2D eigenvalue weighted by Gasteiger charge is 2.18. The van der Waals surface area contributed by atoms with Gasteiger partial charge in [-0.25, -0.2) is 0 Å². The van der Waals surface area contributed by atoms with Gasteiger partial charge in [-0.3, -0.25) is 19.7 Å². The highest BCUT2D eigenvalue weighted by Crippen LogP contribution is 2.27. The van der Waals surface area contributed by atoms with E-state index in [-0.39, 0.29) is 17.8 Å². The van der Waals surface area contributed by atoms with Crippen LogP contribution in [0.25, 0.3) is 0 Å². The van der Waals surface area contributed by atoms with Crippen LogP contribution in [0.5, 0.6) is 0 Å².